The van der Waals surface area contributed by atoms with E-state index in [4.69, 9.17) is 9.47 Å². The van der Waals surface area contributed by atoms with Crippen LogP contribution in [-0.2, 0) is 9.53 Å². The smallest absolute Gasteiger partial charge is 0.348 e. The molecule has 138 valence electrons. The van der Waals surface area contributed by atoms with Crippen molar-refractivity contribution in [3.05, 3.63) is 35.4 Å². The average molecular weight is 354 g/mol. The third-order valence-corrected chi connectivity index (χ3v) is 5.42. The van der Waals surface area contributed by atoms with Crippen molar-refractivity contribution in [1.82, 2.24) is 4.90 Å². The molecule has 2 heterocycles. The van der Waals surface area contributed by atoms with E-state index in [9.17, 15) is 10.1 Å². The van der Waals surface area contributed by atoms with Gasteiger partial charge in [-0.05, 0) is 62.5 Å². The van der Waals surface area contributed by atoms with Gasteiger partial charge in [0.1, 0.15) is 17.4 Å². The highest BCUT2D eigenvalue weighted by atomic mass is 16.5. The van der Waals surface area contributed by atoms with Crippen LogP contribution in [-0.4, -0.2) is 43.7 Å². The number of rotatable bonds is 5. The Morgan fingerprint density at radius 2 is 2.00 bits per heavy atom. The Bertz CT molecular complexity index is 688. The minimum atomic E-state index is -0.531. The van der Waals surface area contributed by atoms with Crippen molar-refractivity contribution in [3.63, 3.8) is 0 Å². The first-order valence-electron chi connectivity index (χ1n) is 9.38. The maximum atomic E-state index is 12.4. The minimum absolute atomic E-state index is 0.0338. The minimum Gasteiger partial charge on any atom is -0.497 e. The van der Waals surface area contributed by atoms with Gasteiger partial charge in [-0.3, -0.25) is 4.90 Å². The Balaban J connectivity index is 1.60. The zero-order valence-corrected chi connectivity index (χ0v) is 15.3. The van der Waals surface area contributed by atoms with E-state index < -0.39 is 5.97 Å². The van der Waals surface area contributed by atoms with E-state index in [0.29, 0.717) is 18.6 Å². The molecule has 2 atom stereocenters. The highest BCUT2D eigenvalue weighted by Crippen LogP contribution is 2.31. The summed E-state index contributed by atoms with van der Waals surface area (Å²) < 4.78 is 10.6. The SMILES string of the molecule is COc1ccc(/C=C(/C#N)C(=O)OC[C@H]2CCCN3CCCC[C@H]23)cc1. The molecule has 1 aromatic carbocycles. The van der Waals surface area contributed by atoms with E-state index in [2.05, 4.69) is 4.90 Å². The molecule has 5 heteroatoms. The van der Waals surface area contributed by atoms with E-state index in [1.54, 1.807) is 25.3 Å². The molecule has 0 N–H and O–H groups in total. The second-order valence-corrected chi connectivity index (χ2v) is 7.04. The molecule has 0 radical (unpaired) electrons. The first-order valence-corrected chi connectivity index (χ1v) is 9.38. The summed E-state index contributed by atoms with van der Waals surface area (Å²) in [4.78, 5) is 14.9. The van der Waals surface area contributed by atoms with Crippen LogP contribution in [0.5, 0.6) is 5.75 Å². The van der Waals surface area contributed by atoms with Gasteiger partial charge in [0.05, 0.1) is 13.7 Å². The van der Waals surface area contributed by atoms with Crippen molar-refractivity contribution in [2.75, 3.05) is 26.8 Å². The second kappa shape index (κ2) is 8.86. The Morgan fingerprint density at radius 3 is 2.73 bits per heavy atom. The molecule has 0 bridgehead atoms. The topological polar surface area (TPSA) is 62.6 Å². The van der Waals surface area contributed by atoms with Crippen molar-refractivity contribution < 1.29 is 14.3 Å². The van der Waals surface area contributed by atoms with Gasteiger partial charge in [-0.25, -0.2) is 4.79 Å². The second-order valence-electron chi connectivity index (χ2n) is 7.04. The van der Waals surface area contributed by atoms with Gasteiger partial charge in [0.15, 0.2) is 0 Å². The van der Waals surface area contributed by atoms with Crippen LogP contribution in [0.4, 0.5) is 0 Å². The van der Waals surface area contributed by atoms with Crippen LogP contribution in [0.2, 0.25) is 0 Å². The summed E-state index contributed by atoms with van der Waals surface area (Å²) in [6.45, 7) is 2.73. The molecule has 0 saturated carbocycles. The normalized spacial score (nSPS) is 23.6. The van der Waals surface area contributed by atoms with E-state index >= 15 is 0 Å². The number of esters is 1. The lowest BCUT2D eigenvalue weighted by atomic mass is 9.84. The summed E-state index contributed by atoms with van der Waals surface area (Å²) in [5.41, 5.74) is 0.807. The quantitative estimate of drug-likeness (QED) is 0.461. The van der Waals surface area contributed by atoms with Crippen LogP contribution in [0, 0.1) is 17.2 Å². The monoisotopic (exact) mass is 354 g/mol. The van der Waals surface area contributed by atoms with Crippen LogP contribution in [0.1, 0.15) is 37.7 Å². The van der Waals surface area contributed by atoms with E-state index in [1.807, 2.05) is 18.2 Å². The highest BCUT2D eigenvalue weighted by molar-refractivity contribution is 5.97. The lowest BCUT2D eigenvalue weighted by Gasteiger charge is -2.44. The number of hydrogen-bond donors (Lipinski definition) is 0. The first-order chi connectivity index (χ1) is 12.7. The first kappa shape index (κ1) is 18.5. The Morgan fingerprint density at radius 1 is 1.23 bits per heavy atom. The third-order valence-electron chi connectivity index (χ3n) is 5.42. The zero-order valence-electron chi connectivity index (χ0n) is 15.3. The van der Waals surface area contributed by atoms with Crippen molar-refractivity contribution in [3.8, 4) is 11.8 Å². The standard InChI is InChI=1S/C21H26N2O3/c1-25-19-9-7-16(8-10-19)13-18(14-22)21(24)26-15-17-5-4-12-23-11-3-2-6-20(17)23/h7-10,13,17,20H,2-6,11-12,15H2,1H3/b18-13-/t17-,20-/m1/s1. The van der Waals surface area contributed by atoms with Crippen LogP contribution in [0.3, 0.4) is 0 Å². The predicted octanol–water partition coefficient (Wildman–Crippen LogP) is 3.41. The number of carbonyl (C=O) groups excluding carboxylic acids is 1. The number of methoxy groups -OCH3 is 1. The molecule has 0 amide bonds. The van der Waals surface area contributed by atoms with Gasteiger partial charge < -0.3 is 9.47 Å². The molecule has 2 aliphatic heterocycles. The third kappa shape index (κ3) is 4.44. The van der Waals surface area contributed by atoms with Crippen LogP contribution in [0.15, 0.2) is 29.8 Å². The number of fused-ring (bicyclic) bond motifs is 1. The van der Waals surface area contributed by atoms with Crippen LogP contribution < -0.4 is 4.74 Å². The molecule has 1 aromatic rings. The Labute approximate surface area is 155 Å². The lowest BCUT2D eigenvalue weighted by Crippen LogP contribution is -2.49. The number of benzene rings is 1. The summed E-state index contributed by atoms with van der Waals surface area (Å²) in [6, 6.07) is 9.71. The summed E-state index contributed by atoms with van der Waals surface area (Å²) in [7, 11) is 1.60. The average Bonchev–Trinajstić information content (AvgIpc) is 2.70. The number of nitrogens with zero attached hydrogens (tertiary/aromatic N) is 2. The maximum absolute atomic E-state index is 12.4. The van der Waals surface area contributed by atoms with Gasteiger partial charge in [0, 0.05) is 12.0 Å². The van der Waals surface area contributed by atoms with E-state index in [1.165, 1.54) is 19.3 Å². The molecule has 0 spiro atoms. The van der Waals surface area contributed by atoms with Gasteiger partial charge in [-0.2, -0.15) is 5.26 Å². The van der Waals surface area contributed by atoms with Gasteiger partial charge in [-0.1, -0.05) is 18.6 Å². The van der Waals surface area contributed by atoms with Gasteiger partial charge >= 0.3 is 5.97 Å². The van der Waals surface area contributed by atoms with Gasteiger partial charge in [-0.15, -0.1) is 0 Å². The van der Waals surface area contributed by atoms with E-state index in [0.717, 1.165) is 37.2 Å². The summed E-state index contributed by atoms with van der Waals surface area (Å²) in [5.74, 6) is 0.586. The molecule has 3 rings (SSSR count). The number of nitriles is 1. The molecular weight excluding hydrogens is 328 g/mol. The zero-order chi connectivity index (χ0) is 18.4. The number of carbonyl (C=O) groups is 1. The fourth-order valence-electron chi connectivity index (χ4n) is 4.04. The Kier molecular flexibility index (Phi) is 6.30. The molecule has 2 saturated heterocycles. The van der Waals surface area contributed by atoms with Crippen LogP contribution >= 0.6 is 0 Å². The number of hydrogen-bond acceptors (Lipinski definition) is 5. The molecule has 0 aromatic heterocycles. The summed E-state index contributed by atoms with van der Waals surface area (Å²) in [5, 5.41) is 9.33. The summed E-state index contributed by atoms with van der Waals surface area (Å²) in [6.07, 6.45) is 7.53. The van der Waals surface area contributed by atoms with Gasteiger partial charge in [0.25, 0.3) is 0 Å². The van der Waals surface area contributed by atoms with Crippen molar-refractivity contribution in [2.24, 2.45) is 5.92 Å². The molecule has 2 aliphatic rings. The van der Waals surface area contributed by atoms with Crippen molar-refractivity contribution >= 4 is 12.0 Å². The lowest BCUT2D eigenvalue weighted by molar-refractivity contribution is -0.141. The largest absolute Gasteiger partial charge is 0.497 e. The van der Waals surface area contributed by atoms with Gasteiger partial charge in [0.2, 0.25) is 0 Å². The molecule has 5 nitrogen and oxygen atoms in total. The fraction of sp³-hybridized carbons (Fsp3) is 0.524. The molecule has 0 unspecified atom stereocenters. The highest BCUT2D eigenvalue weighted by Gasteiger charge is 2.33. The fourth-order valence-corrected chi connectivity index (χ4v) is 4.04. The Hall–Kier alpha value is -2.32. The summed E-state index contributed by atoms with van der Waals surface area (Å²) >= 11 is 0. The van der Waals surface area contributed by atoms with Crippen LogP contribution in [0.25, 0.3) is 6.08 Å². The number of piperidine rings is 2. The van der Waals surface area contributed by atoms with E-state index in [-0.39, 0.29) is 5.57 Å². The maximum Gasteiger partial charge on any atom is 0.348 e. The van der Waals surface area contributed by atoms with Crippen molar-refractivity contribution in [1.29, 1.82) is 5.26 Å². The molecular formula is C21H26N2O3. The van der Waals surface area contributed by atoms with Crippen molar-refractivity contribution in [2.45, 2.75) is 38.1 Å². The molecule has 26 heavy (non-hydrogen) atoms. The predicted molar refractivity (Wildman–Crippen MR) is 99.5 cm³/mol. The molecule has 0 aliphatic carbocycles. The molecule has 2 fully saturated rings. The number of ether oxygens (including phenoxy) is 2.